The molecule has 0 atom stereocenters. The molecule has 0 spiro atoms. The second kappa shape index (κ2) is 6.24. The van der Waals surface area contributed by atoms with E-state index in [-0.39, 0.29) is 49.5 Å². The van der Waals surface area contributed by atoms with E-state index >= 15 is 0 Å². The van der Waals surface area contributed by atoms with Crippen LogP contribution in [0.5, 0.6) is 5.75 Å². The maximum absolute atomic E-state index is 11.1. The number of phenols is 1. The Balaban J connectivity index is 0.00000144. The Morgan fingerprint density at radius 1 is 1.38 bits per heavy atom. The summed E-state index contributed by atoms with van der Waals surface area (Å²) in [6, 6.07) is 5.94. The Kier molecular flexibility index (Phi) is 6.12. The van der Waals surface area contributed by atoms with E-state index in [2.05, 4.69) is 0 Å². The molecule has 1 N–H and O–H groups in total. The molecule has 1 aromatic rings. The van der Waals surface area contributed by atoms with Gasteiger partial charge in [-0.15, -0.1) is 0 Å². The molecule has 68 valence electrons. The molecule has 0 fully saturated rings. The summed E-state index contributed by atoms with van der Waals surface area (Å²) < 4.78 is 4.75. The van der Waals surface area contributed by atoms with Crippen LogP contribution in [0.15, 0.2) is 24.3 Å². The molecule has 1 rings (SSSR count). The summed E-state index contributed by atoms with van der Waals surface area (Å²) in [6.07, 6.45) is 0. The average Bonchev–Trinajstić information content (AvgIpc) is 2.06. The SMILES string of the molecule is CCOC(=O)c1ccc(O)cc1.[CaH2]. The Morgan fingerprint density at radius 3 is 2.38 bits per heavy atom. The molecular weight excluding hydrogens is 196 g/mol. The van der Waals surface area contributed by atoms with Gasteiger partial charge in [0.05, 0.1) is 12.2 Å². The number of benzene rings is 1. The molecule has 0 saturated carbocycles. The Labute approximate surface area is 107 Å². The third kappa shape index (κ3) is 3.98. The van der Waals surface area contributed by atoms with Crippen LogP contribution in [-0.4, -0.2) is 55.4 Å². The number of hydrogen-bond donors (Lipinski definition) is 1. The van der Waals surface area contributed by atoms with Gasteiger partial charge in [-0.2, -0.15) is 0 Å². The third-order valence-electron chi connectivity index (χ3n) is 1.38. The van der Waals surface area contributed by atoms with Crippen LogP contribution in [0.2, 0.25) is 0 Å². The molecule has 0 aliphatic carbocycles. The number of hydrogen-bond acceptors (Lipinski definition) is 3. The molecular formula is C9H12CaO3. The summed E-state index contributed by atoms with van der Waals surface area (Å²) >= 11 is 0. The van der Waals surface area contributed by atoms with Gasteiger partial charge in [0.1, 0.15) is 5.75 Å². The van der Waals surface area contributed by atoms with Crippen LogP contribution in [0, 0.1) is 0 Å². The van der Waals surface area contributed by atoms with Crippen molar-refractivity contribution < 1.29 is 14.6 Å². The molecule has 0 unspecified atom stereocenters. The van der Waals surface area contributed by atoms with E-state index in [4.69, 9.17) is 9.84 Å². The zero-order chi connectivity index (χ0) is 8.97. The Hall–Kier alpha value is -0.250. The van der Waals surface area contributed by atoms with Crippen molar-refractivity contribution in [2.75, 3.05) is 6.61 Å². The monoisotopic (exact) mass is 208 g/mol. The Bertz CT molecular complexity index is 269. The fourth-order valence-corrected chi connectivity index (χ4v) is 0.812. The number of carbonyl (C=O) groups excluding carboxylic acids is 1. The minimum atomic E-state index is -0.363. The molecule has 1 aromatic carbocycles. The number of esters is 1. The van der Waals surface area contributed by atoms with Gasteiger partial charge in [-0.1, -0.05) is 0 Å². The van der Waals surface area contributed by atoms with Crippen LogP contribution >= 0.6 is 0 Å². The van der Waals surface area contributed by atoms with Crippen molar-refractivity contribution in [3.8, 4) is 5.75 Å². The molecule has 13 heavy (non-hydrogen) atoms. The Morgan fingerprint density at radius 2 is 1.92 bits per heavy atom. The zero-order valence-corrected chi connectivity index (χ0v) is 6.78. The van der Waals surface area contributed by atoms with Crippen molar-refractivity contribution in [3.05, 3.63) is 29.8 Å². The number of rotatable bonds is 2. The molecule has 0 heterocycles. The minimum absolute atomic E-state index is 0. The van der Waals surface area contributed by atoms with Crippen molar-refractivity contribution in [2.24, 2.45) is 0 Å². The molecule has 4 heteroatoms. The first kappa shape index (κ1) is 12.7. The summed E-state index contributed by atoms with van der Waals surface area (Å²) in [5, 5.41) is 8.92. The van der Waals surface area contributed by atoms with Crippen LogP contribution in [0.1, 0.15) is 17.3 Å². The van der Waals surface area contributed by atoms with Crippen molar-refractivity contribution in [1.29, 1.82) is 0 Å². The summed E-state index contributed by atoms with van der Waals surface area (Å²) in [6.45, 7) is 2.11. The molecule has 0 amide bonds. The molecule has 3 nitrogen and oxygen atoms in total. The van der Waals surface area contributed by atoms with Gasteiger partial charge in [0.15, 0.2) is 0 Å². The van der Waals surface area contributed by atoms with Crippen LogP contribution in [0.4, 0.5) is 0 Å². The molecule has 0 radical (unpaired) electrons. The van der Waals surface area contributed by atoms with Crippen molar-refractivity contribution in [1.82, 2.24) is 0 Å². The van der Waals surface area contributed by atoms with Crippen LogP contribution in [-0.2, 0) is 4.74 Å². The van der Waals surface area contributed by atoms with Gasteiger partial charge in [0, 0.05) is 0 Å². The van der Waals surface area contributed by atoms with Gasteiger partial charge >= 0.3 is 43.7 Å². The normalized spacial score (nSPS) is 8.69. The van der Waals surface area contributed by atoms with Gasteiger partial charge < -0.3 is 9.84 Å². The van der Waals surface area contributed by atoms with E-state index in [0.29, 0.717) is 12.2 Å². The topological polar surface area (TPSA) is 46.5 Å². The van der Waals surface area contributed by atoms with Crippen LogP contribution in [0.25, 0.3) is 0 Å². The molecule has 0 aromatic heterocycles. The quantitative estimate of drug-likeness (QED) is 0.573. The van der Waals surface area contributed by atoms with E-state index in [1.165, 1.54) is 24.3 Å². The van der Waals surface area contributed by atoms with Gasteiger partial charge in [-0.3, -0.25) is 0 Å². The number of ether oxygens (including phenoxy) is 1. The predicted octanol–water partition coefficient (Wildman–Crippen LogP) is 0.653. The molecule has 0 aliphatic rings. The van der Waals surface area contributed by atoms with Crippen LogP contribution < -0.4 is 0 Å². The van der Waals surface area contributed by atoms with Gasteiger partial charge in [-0.05, 0) is 31.2 Å². The molecule has 0 bridgehead atoms. The van der Waals surface area contributed by atoms with Gasteiger partial charge in [0.2, 0.25) is 0 Å². The summed E-state index contributed by atoms with van der Waals surface area (Å²) in [4.78, 5) is 11.1. The zero-order valence-electron chi connectivity index (χ0n) is 6.78. The summed E-state index contributed by atoms with van der Waals surface area (Å²) in [5.41, 5.74) is 0.453. The van der Waals surface area contributed by atoms with Gasteiger partial charge in [-0.25, -0.2) is 4.79 Å². The molecule has 0 aliphatic heterocycles. The number of carbonyl (C=O) groups is 1. The average molecular weight is 208 g/mol. The van der Waals surface area contributed by atoms with E-state index in [0.717, 1.165) is 0 Å². The number of aromatic hydroxyl groups is 1. The summed E-state index contributed by atoms with van der Waals surface area (Å²) in [5.74, 6) is -0.222. The van der Waals surface area contributed by atoms with E-state index in [1.54, 1.807) is 6.92 Å². The second-order valence-corrected chi connectivity index (χ2v) is 2.27. The van der Waals surface area contributed by atoms with E-state index in [9.17, 15) is 4.79 Å². The third-order valence-corrected chi connectivity index (χ3v) is 1.38. The first-order valence-corrected chi connectivity index (χ1v) is 3.70. The van der Waals surface area contributed by atoms with Crippen molar-refractivity contribution in [3.63, 3.8) is 0 Å². The van der Waals surface area contributed by atoms with E-state index in [1.807, 2.05) is 0 Å². The second-order valence-electron chi connectivity index (χ2n) is 2.27. The maximum atomic E-state index is 11.1. The van der Waals surface area contributed by atoms with Gasteiger partial charge in [0.25, 0.3) is 0 Å². The van der Waals surface area contributed by atoms with Crippen LogP contribution in [0.3, 0.4) is 0 Å². The van der Waals surface area contributed by atoms with E-state index < -0.39 is 0 Å². The molecule has 0 saturated heterocycles. The first-order valence-electron chi connectivity index (χ1n) is 3.70. The first-order chi connectivity index (χ1) is 5.74. The predicted molar refractivity (Wildman–Crippen MR) is 52.6 cm³/mol. The summed E-state index contributed by atoms with van der Waals surface area (Å²) in [7, 11) is 0. The number of phenolic OH excluding ortho intramolecular Hbond substituents is 1. The fourth-order valence-electron chi connectivity index (χ4n) is 0.812. The van der Waals surface area contributed by atoms with Crippen molar-refractivity contribution >= 4 is 43.7 Å². The fraction of sp³-hybridized carbons (Fsp3) is 0.222. The standard InChI is InChI=1S/C9H10O3.Ca.2H/c1-2-12-9(11)7-3-5-8(10)6-4-7;;;/h3-6,10H,2H2,1H3;;;. The van der Waals surface area contributed by atoms with Crippen molar-refractivity contribution in [2.45, 2.75) is 6.92 Å².